The first kappa shape index (κ1) is 16.0. The van der Waals surface area contributed by atoms with Crippen LogP contribution in [0.1, 0.15) is 45.1 Å². The molecule has 116 valence electrons. The van der Waals surface area contributed by atoms with Crippen LogP contribution in [0.25, 0.3) is 0 Å². The highest BCUT2D eigenvalue weighted by Gasteiger charge is 2.43. The smallest absolute Gasteiger partial charge is 0.169 e. The fraction of sp³-hybridized carbons (Fsp3) is 0.611. The summed E-state index contributed by atoms with van der Waals surface area (Å²) in [5.74, 6) is 0.943. The molecule has 2 rings (SSSR count). The van der Waals surface area contributed by atoms with Gasteiger partial charge >= 0.3 is 0 Å². The summed E-state index contributed by atoms with van der Waals surface area (Å²) in [6.45, 7) is 4.52. The average Bonchev–Trinajstić information content (AvgIpc) is 2.48. The number of ether oxygens (including phenoxy) is 2. The predicted molar refractivity (Wildman–Crippen MR) is 83.7 cm³/mol. The fourth-order valence-electron chi connectivity index (χ4n) is 3.11. The van der Waals surface area contributed by atoms with Crippen molar-refractivity contribution < 1.29 is 14.3 Å². The summed E-state index contributed by atoms with van der Waals surface area (Å²) in [5.41, 5.74) is 0.634. The van der Waals surface area contributed by atoms with Crippen LogP contribution in [0.4, 0.5) is 0 Å². The Morgan fingerprint density at radius 3 is 2.29 bits per heavy atom. The summed E-state index contributed by atoms with van der Waals surface area (Å²) >= 11 is 0. The maximum atomic E-state index is 12.8. The first-order valence-corrected chi connectivity index (χ1v) is 7.63. The van der Waals surface area contributed by atoms with Crippen LogP contribution in [0.15, 0.2) is 24.3 Å². The lowest BCUT2D eigenvalue weighted by Crippen LogP contribution is -2.46. The number of methoxy groups -OCH3 is 2. The van der Waals surface area contributed by atoms with Gasteiger partial charge in [0.25, 0.3) is 0 Å². The lowest BCUT2D eigenvalue weighted by atomic mass is 9.69. The number of carbonyl (C=O) groups is 1. The van der Waals surface area contributed by atoms with E-state index in [1.54, 1.807) is 14.2 Å². The monoisotopic (exact) mass is 290 g/mol. The molecule has 0 aliphatic heterocycles. The molecule has 1 saturated carbocycles. The van der Waals surface area contributed by atoms with E-state index in [0.717, 1.165) is 37.0 Å². The molecule has 1 aromatic rings. The molecule has 3 heteroatoms. The highest BCUT2D eigenvalue weighted by atomic mass is 16.5. The summed E-state index contributed by atoms with van der Waals surface area (Å²) < 4.78 is 11.0. The molecule has 0 unspecified atom stereocenters. The third kappa shape index (κ3) is 3.46. The molecular formula is C18H26O3. The van der Waals surface area contributed by atoms with Crippen molar-refractivity contribution in [2.75, 3.05) is 14.2 Å². The average molecular weight is 290 g/mol. The topological polar surface area (TPSA) is 35.5 Å². The van der Waals surface area contributed by atoms with Gasteiger partial charge in [-0.15, -0.1) is 0 Å². The van der Waals surface area contributed by atoms with Gasteiger partial charge in [0.15, 0.2) is 5.78 Å². The van der Waals surface area contributed by atoms with Crippen molar-refractivity contribution >= 4 is 5.78 Å². The molecule has 0 spiro atoms. The van der Waals surface area contributed by atoms with E-state index in [0.29, 0.717) is 11.8 Å². The highest BCUT2D eigenvalue weighted by Crippen LogP contribution is 2.42. The van der Waals surface area contributed by atoms with Crippen LogP contribution in [0.2, 0.25) is 0 Å². The Bertz CT molecular complexity index is 495. The van der Waals surface area contributed by atoms with Crippen LogP contribution in [0.3, 0.4) is 0 Å². The van der Waals surface area contributed by atoms with Crippen molar-refractivity contribution in [3.63, 3.8) is 0 Å². The minimum Gasteiger partial charge on any atom is -0.496 e. The van der Waals surface area contributed by atoms with E-state index in [1.807, 2.05) is 24.3 Å². The van der Waals surface area contributed by atoms with Crippen LogP contribution in [0, 0.1) is 5.41 Å². The number of benzene rings is 1. The SMILES string of the molecule is COc1ccccc1CC(=O)C1(OC)CCC(C)(C)CC1. The van der Waals surface area contributed by atoms with Crippen molar-refractivity contribution in [3.8, 4) is 5.75 Å². The molecule has 21 heavy (non-hydrogen) atoms. The molecule has 0 N–H and O–H groups in total. The highest BCUT2D eigenvalue weighted by molar-refractivity contribution is 5.89. The molecule has 0 radical (unpaired) electrons. The second kappa shape index (κ2) is 6.18. The Hall–Kier alpha value is -1.35. The molecule has 0 bridgehead atoms. The largest absolute Gasteiger partial charge is 0.496 e. The zero-order chi connectivity index (χ0) is 15.5. The number of rotatable bonds is 5. The maximum absolute atomic E-state index is 12.8. The molecular weight excluding hydrogens is 264 g/mol. The normalized spacial score (nSPS) is 20.0. The van der Waals surface area contributed by atoms with E-state index in [9.17, 15) is 4.79 Å². The van der Waals surface area contributed by atoms with Crippen molar-refractivity contribution in [3.05, 3.63) is 29.8 Å². The van der Waals surface area contributed by atoms with Gasteiger partial charge in [-0.05, 0) is 37.2 Å². The van der Waals surface area contributed by atoms with Gasteiger partial charge in [-0.2, -0.15) is 0 Å². The number of hydrogen-bond acceptors (Lipinski definition) is 3. The quantitative estimate of drug-likeness (QED) is 0.827. The minimum atomic E-state index is -0.615. The number of Topliss-reactive ketones (excluding diaryl/α,β-unsaturated/α-hetero) is 1. The van der Waals surface area contributed by atoms with Crippen LogP contribution >= 0.6 is 0 Å². The Balaban J connectivity index is 2.14. The Morgan fingerprint density at radius 2 is 1.71 bits per heavy atom. The molecule has 1 aliphatic rings. The fourth-order valence-corrected chi connectivity index (χ4v) is 3.11. The molecule has 1 aromatic carbocycles. The van der Waals surface area contributed by atoms with E-state index in [4.69, 9.17) is 9.47 Å². The number of carbonyl (C=O) groups excluding carboxylic acids is 1. The number of ketones is 1. The second-order valence-electron chi connectivity index (χ2n) is 6.77. The van der Waals surface area contributed by atoms with Gasteiger partial charge in [0.05, 0.1) is 7.11 Å². The van der Waals surface area contributed by atoms with Gasteiger partial charge in [-0.25, -0.2) is 0 Å². The van der Waals surface area contributed by atoms with Crippen molar-refractivity contribution in [2.24, 2.45) is 5.41 Å². The van der Waals surface area contributed by atoms with E-state index < -0.39 is 5.60 Å². The summed E-state index contributed by atoms with van der Waals surface area (Å²) in [6, 6.07) is 7.70. The van der Waals surface area contributed by atoms with Gasteiger partial charge < -0.3 is 9.47 Å². The van der Waals surface area contributed by atoms with Gasteiger partial charge in [-0.3, -0.25) is 4.79 Å². The first-order valence-electron chi connectivity index (χ1n) is 7.63. The van der Waals surface area contributed by atoms with Gasteiger partial charge in [0.1, 0.15) is 11.4 Å². The van der Waals surface area contributed by atoms with Crippen molar-refractivity contribution in [1.82, 2.24) is 0 Å². The van der Waals surface area contributed by atoms with Crippen LogP contribution in [-0.4, -0.2) is 25.6 Å². The molecule has 0 heterocycles. The van der Waals surface area contributed by atoms with Gasteiger partial charge in [-0.1, -0.05) is 32.0 Å². The van der Waals surface area contributed by atoms with E-state index in [2.05, 4.69) is 13.8 Å². The predicted octanol–water partition coefficient (Wildman–Crippen LogP) is 3.79. The van der Waals surface area contributed by atoms with Gasteiger partial charge in [0.2, 0.25) is 0 Å². The van der Waals surface area contributed by atoms with Crippen molar-refractivity contribution in [2.45, 2.75) is 51.6 Å². The molecule has 0 saturated heterocycles. The van der Waals surface area contributed by atoms with Crippen LogP contribution in [0.5, 0.6) is 5.75 Å². The molecule has 1 aliphatic carbocycles. The number of hydrogen-bond donors (Lipinski definition) is 0. The van der Waals surface area contributed by atoms with Crippen LogP contribution in [-0.2, 0) is 16.0 Å². The Kier molecular flexibility index (Phi) is 4.72. The lowest BCUT2D eigenvalue weighted by molar-refractivity contribution is -0.147. The summed E-state index contributed by atoms with van der Waals surface area (Å²) in [4.78, 5) is 12.8. The second-order valence-corrected chi connectivity index (χ2v) is 6.77. The molecule has 0 aromatic heterocycles. The lowest BCUT2D eigenvalue weighted by Gasteiger charge is -2.41. The van der Waals surface area contributed by atoms with E-state index in [-0.39, 0.29) is 5.78 Å². The summed E-state index contributed by atoms with van der Waals surface area (Å²) in [5, 5.41) is 0. The first-order chi connectivity index (χ1) is 9.92. The summed E-state index contributed by atoms with van der Waals surface area (Å²) in [6.07, 6.45) is 4.05. The Morgan fingerprint density at radius 1 is 1.10 bits per heavy atom. The summed E-state index contributed by atoms with van der Waals surface area (Å²) in [7, 11) is 3.30. The molecule has 3 nitrogen and oxygen atoms in total. The zero-order valence-corrected chi connectivity index (χ0v) is 13.6. The standard InChI is InChI=1S/C18H26O3/c1-17(2)9-11-18(21-4,12-10-17)16(19)13-14-7-5-6-8-15(14)20-3/h5-8H,9-13H2,1-4H3. The van der Waals surface area contributed by atoms with Gasteiger partial charge in [0, 0.05) is 19.1 Å². The van der Waals surface area contributed by atoms with E-state index >= 15 is 0 Å². The Labute approximate surface area is 127 Å². The maximum Gasteiger partial charge on any atom is 0.169 e. The third-order valence-corrected chi connectivity index (χ3v) is 4.85. The molecule has 0 atom stereocenters. The van der Waals surface area contributed by atoms with E-state index in [1.165, 1.54) is 0 Å². The third-order valence-electron chi connectivity index (χ3n) is 4.85. The minimum absolute atomic E-state index is 0.171. The molecule has 1 fully saturated rings. The number of para-hydroxylation sites is 1. The zero-order valence-electron chi connectivity index (χ0n) is 13.6. The van der Waals surface area contributed by atoms with Crippen LogP contribution < -0.4 is 4.74 Å². The van der Waals surface area contributed by atoms with Crippen molar-refractivity contribution in [1.29, 1.82) is 0 Å². The molecule has 0 amide bonds.